The topological polar surface area (TPSA) is 76.4 Å². The van der Waals surface area contributed by atoms with Crippen LogP contribution in [0, 0.1) is 0 Å². The normalized spacial score (nSPS) is 14.2. The number of nitrogens with one attached hydrogen (secondary N) is 2. The first-order valence-corrected chi connectivity index (χ1v) is 9.16. The van der Waals surface area contributed by atoms with Crippen LogP contribution in [0.25, 0.3) is 11.3 Å². The molecule has 4 rings (SSSR count). The predicted molar refractivity (Wildman–Crippen MR) is 114 cm³/mol. The van der Waals surface area contributed by atoms with Crippen molar-refractivity contribution in [1.29, 1.82) is 0 Å². The van der Waals surface area contributed by atoms with Crippen LogP contribution in [0.4, 0.5) is 17.1 Å². The fourth-order valence-electron chi connectivity index (χ4n) is 3.29. The van der Waals surface area contributed by atoms with Crippen molar-refractivity contribution in [3.05, 3.63) is 83.9 Å². The van der Waals surface area contributed by atoms with E-state index in [1.54, 1.807) is 6.07 Å². The Kier molecular flexibility index (Phi) is 4.72. The first-order chi connectivity index (χ1) is 13.7. The average Bonchev–Trinajstić information content (AvgIpc) is 3.02. The number of ether oxygens (including phenoxy) is 1. The summed E-state index contributed by atoms with van der Waals surface area (Å²) in [5, 5.41) is 6.35. The molecule has 0 bridgehead atoms. The van der Waals surface area contributed by atoms with Gasteiger partial charge in [0.1, 0.15) is 5.75 Å². The second-order valence-corrected chi connectivity index (χ2v) is 6.46. The van der Waals surface area contributed by atoms with Crippen molar-refractivity contribution in [2.45, 2.75) is 6.92 Å². The smallest absolute Gasteiger partial charge is 0.258 e. The second-order valence-electron chi connectivity index (χ2n) is 6.46. The maximum atomic E-state index is 12.8. The lowest BCUT2D eigenvalue weighted by Crippen LogP contribution is -2.10. The highest BCUT2D eigenvalue weighted by Crippen LogP contribution is 2.38. The lowest BCUT2D eigenvalue weighted by Gasteiger charge is -2.15. The summed E-state index contributed by atoms with van der Waals surface area (Å²) in [5.74, 6) is 0.610. The zero-order chi connectivity index (χ0) is 19.5. The summed E-state index contributed by atoms with van der Waals surface area (Å²) in [7, 11) is 0. The van der Waals surface area contributed by atoms with Crippen molar-refractivity contribution in [1.82, 2.24) is 0 Å². The fourth-order valence-corrected chi connectivity index (χ4v) is 3.29. The molecule has 5 nitrogen and oxygen atoms in total. The van der Waals surface area contributed by atoms with E-state index in [9.17, 15) is 4.79 Å². The van der Waals surface area contributed by atoms with E-state index in [4.69, 9.17) is 10.5 Å². The van der Waals surface area contributed by atoms with Gasteiger partial charge < -0.3 is 21.1 Å². The van der Waals surface area contributed by atoms with Crippen molar-refractivity contribution in [2.24, 2.45) is 0 Å². The maximum absolute atomic E-state index is 12.8. The number of amides is 1. The van der Waals surface area contributed by atoms with Gasteiger partial charge in [-0.3, -0.25) is 4.79 Å². The highest BCUT2D eigenvalue weighted by atomic mass is 16.5. The number of nitrogens with two attached hydrogens (primary N) is 1. The van der Waals surface area contributed by atoms with E-state index in [1.165, 1.54) is 0 Å². The third kappa shape index (κ3) is 3.42. The summed E-state index contributed by atoms with van der Waals surface area (Å²) in [5.41, 5.74) is 11.2. The van der Waals surface area contributed by atoms with Crippen LogP contribution >= 0.6 is 0 Å². The summed E-state index contributed by atoms with van der Waals surface area (Å²) in [6.07, 6.45) is 0. The Morgan fingerprint density at radius 2 is 1.86 bits per heavy atom. The molecule has 0 radical (unpaired) electrons. The molecule has 0 saturated heterocycles. The third-order valence-corrected chi connectivity index (χ3v) is 4.52. The van der Waals surface area contributed by atoms with Crippen LogP contribution < -0.4 is 21.1 Å². The Morgan fingerprint density at radius 3 is 2.64 bits per heavy atom. The Bertz CT molecular complexity index is 1060. The summed E-state index contributed by atoms with van der Waals surface area (Å²) in [6, 6.07) is 22.9. The molecule has 0 aromatic heterocycles. The van der Waals surface area contributed by atoms with E-state index in [1.807, 2.05) is 73.7 Å². The SMILES string of the molecule is CCOc1cccc(NC(=C2C(=O)Nc3ccc(N)cc32)c2ccccc2)c1. The van der Waals surface area contributed by atoms with Gasteiger partial charge in [0.25, 0.3) is 5.91 Å². The number of carbonyl (C=O) groups is 1. The molecule has 5 heteroatoms. The monoisotopic (exact) mass is 371 g/mol. The summed E-state index contributed by atoms with van der Waals surface area (Å²) < 4.78 is 5.60. The number of fused-ring (bicyclic) bond motifs is 1. The molecule has 0 unspecified atom stereocenters. The van der Waals surface area contributed by atoms with E-state index in [0.717, 1.165) is 33.9 Å². The zero-order valence-electron chi connectivity index (χ0n) is 15.5. The van der Waals surface area contributed by atoms with Crippen molar-refractivity contribution >= 4 is 34.2 Å². The molecular weight excluding hydrogens is 350 g/mol. The van der Waals surface area contributed by atoms with Gasteiger partial charge in [0.15, 0.2) is 0 Å². The number of hydrogen-bond donors (Lipinski definition) is 3. The molecule has 1 aliphatic rings. The Morgan fingerprint density at radius 1 is 1.04 bits per heavy atom. The van der Waals surface area contributed by atoms with Crippen LogP contribution in [-0.4, -0.2) is 12.5 Å². The van der Waals surface area contributed by atoms with E-state index in [-0.39, 0.29) is 5.91 Å². The molecule has 1 amide bonds. The molecule has 4 N–H and O–H groups in total. The Hall–Kier alpha value is -3.73. The van der Waals surface area contributed by atoms with Gasteiger partial charge in [-0.2, -0.15) is 0 Å². The van der Waals surface area contributed by atoms with Crippen LogP contribution in [0.3, 0.4) is 0 Å². The lowest BCUT2D eigenvalue weighted by atomic mass is 9.99. The molecular formula is C23H21N3O2. The van der Waals surface area contributed by atoms with Gasteiger partial charge in [0, 0.05) is 28.7 Å². The molecule has 0 spiro atoms. The maximum Gasteiger partial charge on any atom is 0.258 e. The molecule has 0 fully saturated rings. The highest BCUT2D eigenvalue weighted by Gasteiger charge is 2.28. The molecule has 0 saturated carbocycles. The molecule has 28 heavy (non-hydrogen) atoms. The third-order valence-electron chi connectivity index (χ3n) is 4.52. The van der Waals surface area contributed by atoms with Crippen molar-refractivity contribution in [2.75, 3.05) is 23.0 Å². The first-order valence-electron chi connectivity index (χ1n) is 9.16. The molecule has 0 atom stereocenters. The number of carbonyl (C=O) groups excluding carboxylic acids is 1. The van der Waals surface area contributed by atoms with Crippen LogP contribution in [0.15, 0.2) is 72.8 Å². The van der Waals surface area contributed by atoms with Gasteiger partial charge in [-0.1, -0.05) is 36.4 Å². The summed E-state index contributed by atoms with van der Waals surface area (Å²) >= 11 is 0. The van der Waals surface area contributed by atoms with Crippen LogP contribution in [0.1, 0.15) is 18.1 Å². The van der Waals surface area contributed by atoms with E-state index < -0.39 is 0 Å². The zero-order valence-corrected chi connectivity index (χ0v) is 15.5. The molecule has 1 heterocycles. The number of anilines is 3. The highest BCUT2D eigenvalue weighted by molar-refractivity contribution is 6.37. The van der Waals surface area contributed by atoms with E-state index >= 15 is 0 Å². The van der Waals surface area contributed by atoms with Gasteiger partial charge in [0.05, 0.1) is 17.9 Å². The second kappa shape index (κ2) is 7.48. The minimum Gasteiger partial charge on any atom is -0.494 e. The number of rotatable bonds is 5. The van der Waals surface area contributed by atoms with Crippen LogP contribution in [0.5, 0.6) is 5.75 Å². The standard InChI is InChI=1S/C23H21N3O2/c1-2-28-18-10-6-9-17(14-18)25-22(15-7-4-3-5-8-15)21-19-13-16(24)11-12-20(19)26-23(21)27/h3-14,25H,2,24H2,1H3,(H,26,27). The van der Waals surface area contributed by atoms with Crippen LogP contribution in [0.2, 0.25) is 0 Å². The van der Waals surface area contributed by atoms with Gasteiger partial charge in [-0.05, 0) is 42.8 Å². The van der Waals surface area contributed by atoms with Gasteiger partial charge >= 0.3 is 0 Å². The number of hydrogen-bond acceptors (Lipinski definition) is 4. The first kappa shape index (κ1) is 17.7. The summed E-state index contributed by atoms with van der Waals surface area (Å²) in [6.45, 7) is 2.53. The average molecular weight is 371 g/mol. The molecule has 3 aromatic rings. The Labute approximate surface area is 163 Å². The molecule has 0 aliphatic carbocycles. The Balaban J connectivity index is 1.86. The number of benzene rings is 3. The van der Waals surface area contributed by atoms with E-state index in [0.29, 0.717) is 17.9 Å². The predicted octanol–water partition coefficient (Wildman–Crippen LogP) is 4.60. The van der Waals surface area contributed by atoms with Crippen molar-refractivity contribution < 1.29 is 9.53 Å². The quantitative estimate of drug-likeness (QED) is 0.452. The van der Waals surface area contributed by atoms with E-state index in [2.05, 4.69) is 10.6 Å². The number of nitrogen functional groups attached to an aromatic ring is 1. The lowest BCUT2D eigenvalue weighted by molar-refractivity contribution is -0.110. The minimum atomic E-state index is -0.159. The minimum absolute atomic E-state index is 0.159. The van der Waals surface area contributed by atoms with Crippen molar-refractivity contribution in [3.63, 3.8) is 0 Å². The molecule has 3 aromatic carbocycles. The van der Waals surface area contributed by atoms with Crippen molar-refractivity contribution in [3.8, 4) is 5.75 Å². The van der Waals surface area contributed by atoms with Crippen LogP contribution in [-0.2, 0) is 4.79 Å². The molecule has 140 valence electrons. The summed E-state index contributed by atoms with van der Waals surface area (Å²) in [4.78, 5) is 12.8. The largest absolute Gasteiger partial charge is 0.494 e. The van der Waals surface area contributed by atoms with Gasteiger partial charge in [-0.25, -0.2) is 0 Å². The fraction of sp³-hybridized carbons (Fsp3) is 0.0870. The van der Waals surface area contributed by atoms with Gasteiger partial charge in [0.2, 0.25) is 0 Å². The van der Waals surface area contributed by atoms with Gasteiger partial charge in [-0.15, -0.1) is 0 Å². The molecule has 1 aliphatic heterocycles.